The largest absolute Gasteiger partial charge is 0.482 e. The number of nitrogens with zero attached hydrogens (tertiary/aromatic N) is 3. The van der Waals surface area contributed by atoms with Gasteiger partial charge in [-0.1, -0.05) is 62.4 Å². The van der Waals surface area contributed by atoms with Gasteiger partial charge in [0.05, 0.1) is 11.9 Å². The lowest BCUT2D eigenvalue weighted by molar-refractivity contribution is -0.117. The van der Waals surface area contributed by atoms with Gasteiger partial charge in [-0.2, -0.15) is 0 Å². The van der Waals surface area contributed by atoms with E-state index in [0.717, 1.165) is 23.8 Å². The second-order valence-corrected chi connectivity index (χ2v) is 13.0. The van der Waals surface area contributed by atoms with E-state index < -0.39 is 11.5 Å². The van der Waals surface area contributed by atoms with Crippen LogP contribution in [0, 0.1) is 5.82 Å². The van der Waals surface area contributed by atoms with Crippen molar-refractivity contribution >= 4 is 34.0 Å². The van der Waals surface area contributed by atoms with Gasteiger partial charge < -0.3 is 25.6 Å². The van der Waals surface area contributed by atoms with Crippen LogP contribution in [0.2, 0.25) is 0 Å². The molecule has 2 aliphatic heterocycles. The average Bonchev–Trinajstić information content (AvgIpc) is 3.37. The number of amides is 2. The van der Waals surface area contributed by atoms with Gasteiger partial charge in [0.15, 0.2) is 16.7 Å². The van der Waals surface area contributed by atoms with Gasteiger partial charge in [0.25, 0.3) is 5.91 Å². The lowest BCUT2D eigenvalue weighted by Crippen LogP contribution is -2.48. The number of anilines is 2. The molecular formula is C31H38FN5O3S. The second kappa shape index (κ2) is 11.7. The van der Waals surface area contributed by atoms with Crippen molar-refractivity contribution in [3.8, 4) is 5.75 Å². The van der Waals surface area contributed by atoms with Crippen molar-refractivity contribution in [3.05, 3.63) is 70.5 Å². The average molecular weight is 580 g/mol. The van der Waals surface area contributed by atoms with Crippen molar-refractivity contribution in [1.29, 1.82) is 0 Å². The maximum Gasteiger partial charge on any atom is 0.263 e. The van der Waals surface area contributed by atoms with Crippen LogP contribution in [-0.4, -0.2) is 48.6 Å². The van der Waals surface area contributed by atoms with Crippen LogP contribution >= 0.6 is 11.3 Å². The Balaban J connectivity index is 1.26. The van der Waals surface area contributed by atoms with E-state index in [4.69, 9.17) is 10.5 Å². The quantitative estimate of drug-likeness (QED) is 0.408. The number of benzene rings is 2. The highest BCUT2D eigenvalue weighted by Gasteiger charge is 2.41. The molecule has 0 unspecified atom stereocenters. The summed E-state index contributed by atoms with van der Waals surface area (Å²) in [6, 6.07) is 13.9. The lowest BCUT2D eigenvalue weighted by atomic mass is 9.86. The van der Waals surface area contributed by atoms with Crippen LogP contribution in [0.4, 0.5) is 15.2 Å². The highest BCUT2D eigenvalue weighted by atomic mass is 32.1. The summed E-state index contributed by atoms with van der Waals surface area (Å²) in [6.45, 7) is 9.62. The van der Waals surface area contributed by atoms with E-state index in [2.05, 4.69) is 65.1 Å². The highest BCUT2D eigenvalue weighted by molar-refractivity contribution is 7.17. The number of primary amides is 1. The summed E-state index contributed by atoms with van der Waals surface area (Å²) in [5.74, 6) is -0.741. The normalized spacial score (nSPS) is 16.6. The standard InChI is InChI=1S/C31H38FN5O3S/c1-30(2,3)22-9-7-21(8-10-22)20-37-18-14-31(40-27-23(32)5-4-6-24(27)37)12-16-36(17-13-31)29-35-19-25(41-29)28(39)34-15-11-26(33)38/h4-10,19H,11-18,20H2,1-3H3,(H2,33,38)(H,34,39). The minimum Gasteiger partial charge on any atom is -0.482 e. The molecule has 218 valence electrons. The number of ether oxygens (including phenoxy) is 1. The molecule has 1 aromatic heterocycles. The molecule has 3 aromatic rings. The number of carbonyl (C=O) groups excluding carboxylic acids is 2. The molecule has 0 bridgehead atoms. The third-order valence-electron chi connectivity index (χ3n) is 7.96. The number of thiazole rings is 1. The molecular weight excluding hydrogens is 541 g/mol. The number of aromatic nitrogens is 1. The van der Waals surface area contributed by atoms with E-state index >= 15 is 4.39 Å². The van der Waals surface area contributed by atoms with Crippen molar-refractivity contribution in [3.63, 3.8) is 0 Å². The first kappa shape index (κ1) is 28.9. The van der Waals surface area contributed by atoms with E-state index in [1.54, 1.807) is 12.3 Å². The number of hydrogen-bond donors (Lipinski definition) is 2. The number of nitrogens with two attached hydrogens (primary N) is 1. The number of piperidine rings is 1. The molecule has 3 N–H and O–H groups in total. The first-order valence-corrected chi connectivity index (χ1v) is 14.9. The number of rotatable bonds is 7. The predicted octanol–water partition coefficient (Wildman–Crippen LogP) is 5.01. The Hall–Kier alpha value is -3.66. The fourth-order valence-electron chi connectivity index (χ4n) is 5.43. The van der Waals surface area contributed by atoms with Crippen LogP contribution in [0.3, 0.4) is 0 Å². The molecule has 5 rings (SSSR count). The Labute approximate surface area is 244 Å². The third kappa shape index (κ3) is 6.64. The zero-order chi connectivity index (χ0) is 29.2. The van der Waals surface area contributed by atoms with Crippen LogP contribution in [-0.2, 0) is 16.8 Å². The number of fused-ring (bicyclic) bond motifs is 1. The van der Waals surface area contributed by atoms with Crippen molar-refractivity contribution < 1.29 is 18.7 Å². The number of halogens is 1. The van der Waals surface area contributed by atoms with Gasteiger partial charge in [-0.15, -0.1) is 0 Å². The number of carbonyl (C=O) groups is 2. The summed E-state index contributed by atoms with van der Waals surface area (Å²) in [5, 5.41) is 3.46. The molecule has 2 amide bonds. The van der Waals surface area contributed by atoms with Crippen LogP contribution in [0.5, 0.6) is 5.75 Å². The SMILES string of the molecule is CC(C)(C)c1ccc(CN2CCC3(CCN(c4ncc(C(=O)NCCC(N)=O)s4)CC3)Oc3c(F)cccc32)cc1. The van der Waals surface area contributed by atoms with Crippen molar-refractivity contribution in [1.82, 2.24) is 10.3 Å². The topological polar surface area (TPSA) is 101 Å². The number of nitrogens with one attached hydrogen (secondary N) is 1. The molecule has 0 saturated carbocycles. The summed E-state index contributed by atoms with van der Waals surface area (Å²) in [4.78, 5) is 32.7. The van der Waals surface area contributed by atoms with Gasteiger partial charge >= 0.3 is 0 Å². The monoisotopic (exact) mass is 579 g/mol. The van der Waals surface area contributed by atoms with E-state index in [1.807, 2.05) is 6.07 Å². The van der Waals surface area contributed by atoms with E-state index in [1.165, 1.54) is 28.5 Å². The van der Waals surface area contributed by atoms with Gasteiger partial charge in [-0.25, -0.2) is 9.37 Å². The van der Waals surface area contributed by atoms with Crippen molar-refractivity contribution in [2.75, 3.05) is 36.0 Å². The zero-order valence-electron chi connectivity index (χ0n) is 23.9. The number of para-hydroxylation sites is 1. The predicted molar refractivity (Wildman–Crippen MR) is 160 cm³/mol. The molecule has 41 heavy (non-hydrogen) atoms. The van der Waals surface area contributed by atoms with Crippen molar-refractivity contribution in [2.24, 2.45) is 5.73 Å². The minimum atomic E-state index is -0.482. The van der Waals surface area contributed by atoms with E-state index in [9.17, 15) is 9.59 Å². The van der Waals surface area contributed by atoms with Gasteiger partial charge in [0.1, 0.15) is 10.5 Å². The Kier molecular flexibility index (Phi) is 8.22. The Morgan fingerprint density at radius 1 is 1.10 bits per heavy atom. The van der Waals surface area contributed by atoms with Crippen molar-refractivity contribution in [2.45, 2.75) is 64.0 Å². The summed E-state index contributed by atoms with van der Waals surface area (Å²) < 4.78 is 21.8. The Bertz CT molecular complexity index is 1390. The summed E-state index contributed by atoms with van der Waals surface area (Å²) in [6.07, 6.45) is 3.86. The molecule has 10 heteroatoms. The van der Waals surface area contributed by atoms with E-state index in [-0.39, 0.29) is 30.1 Å². The molecule has 1 saturated heterocycles. The van der Waals surface area contributed by atoms with Gasteiger partial charge in [-0.3, -0.25) is 9.59 Å². The maximum atomic E-state index is 15.2. The molecule has 2 aromatic carbocycles. The Morgan fingerprint density at radius 3 is 2.49 bits per heavy atom. The second-order valence-electron chi connectivity index (χ2n) is 12.0. The first-order valence-electron chi connectivity index (χ1n) is 14.1. The molecule has 1 fully saturated rings. The molecule has 8 nitrogen and oxygen atoms in total. The smallest absolute Gasteiger partial charge is 0.263 e. The number of hydrogen-bond acceptors (Lipinski definition) is 7. The fourth-order valence-corrected chi connectivity index (χ4v) is 6.31. The van der Waals surface area contributed by atoms with Gasteiger partial charge in [0, 0.05) is 58.4 Å². The molecule has 0 radical (unpaired) electrons. The minimum absolute atomic E-state index is 0.0880. The van der Waals surface area contributed by atoms with E-state index in [0.29, 0.717) is 43.1 Å². The van der Waals surface area contributed by atoms with Gasteiger partial charge in [-0.05, 0) is 28.7 Å². The molecule has 0 aliphatic carbocycles. The zero-order valence-corrected chi connectivity index (χ0v) is 24.7. The highest BCUT2D eigenvalue weighted by Crippen LogP contribution is 2.43. The lowest BCUT2D eigenvalue weighted by Gasteiger charge is -2.41. The first-order chi connectivity index (χ1) is 19.5. The summed E-state index contributed by atoms with van der Waals surface area (Å²) in [7, 11) is 0. The van der Waals surface area contributed by atoms with Gasteiger partial charge in [0.2, 0.25) is 5.91 Å². The summed E-state index contributed by atoms with van der Waals surface area (Å²) in [5.41, 5.74) is 8.00. The molecule has 3 heterocycles. The fraction of sp³-hybridized carbons (Fsp3) is 0.452. The maximum absolute atomic E-state index is 15.2. The summed E-state index contributed by atoms with van der Waals surface area (Å²) >= 11 is 1.32. The van der Waals surface area contributed by atoms with Crippen LogP contribution < -0.4 is 25.6 Å². The van der Waals surface area contributed by atoms with Crippen LogP contribution in [0.1, 0.15) is 67.3 Å². The molecule has 0 atom stereocenters. The molecule has 2 aliphatic rings. The Morgan fingerprint density at radius 2 is 1.80 bits per heavy atom. The molecule has 1 spiro atoms. The van der Waals surface area contributed by atoms with Crippen LogP contribution in [0.15, 0.2) is 48.7 Å². The third-order valence-corrected chi connectivity index (χ3v) is 9.01. The van der Waals surface area contributed by atoms with Crippen LogP contribution in [0.25, 0.3) is 0 Å².